The zero-order valence-corrected chi connectivity index (χ0v) is 52.6. The summed E-state index contributed by atoms with van der Waals surface area (Å²) >= 11 is 0. The van der Waals surface area contributed by atoms with E-state index < -0.39 is 124 Å². The van der Waals surface area contributed by atoms with Crippen LogP contribution in [0.5, 0.6) is 0 Å². The van der Waals surface area contributed by atoms with Gasteiger partial charge in [-0.25, -0.2) is 0 Å². The molecule has 1 amide bonds. The first-order valence-corrected chi connectivity index (χ1v) is 34.1. The Bertz CT molecular complexity index is 1640. The number of hydrogen-bond donors (Lipinski definition) is 12. The molecule has 17 atom stereocenters. The fourth-order valence-corrected chi connectivity index (χ4v) is 11.7. The van der Waals surface area contributed by atoms with Crippen molar-refractivity contribution in [2.45, 2.75) is 362 Å². The Hall–Kier alpha value is -1.73. The van der Waals surface area contributed by atoms with Crippen molar-refractivity contribution in [3.05, 3.63) is 24.3 Å². The lowest BCUT2D eigenvalue weighted by Gasteiger charge is -2.48. The van der Waals surface area contributed by atoms with Gasteiger partial charge in [-0.15, -0.1) is 0 Å². The fraction of sp³-hybridized carbons (Fsp3) is 0.924. The predicted molar refractivity (Wildman–Crippen MR) is 328 cm³/mol. The van der Waals surface area contributed by atoms with E-state index in [1.54, 1.807) is 6.08 Å². The van der Waals surface area contributed by atoms with Gasteiger partial charge in [-0.1, -0.05) is 244 Å². The van der Waals surface area contributed by atoms with Crippen molar-refractivity contribution < 1.29 is 89.4 Å². The van der Waals surface area contributed by atoms with Gasteiger partial charge < -0.3 is 89.9 Å². The highest BCUT2D eigenvalue weighted by Gasteiger charge is 2.53. The molecule has 12 N–H and O–H groups in total. The zero-order chi connectivity index (χ0) is 61.9. The molecule has 0 aromatic carbocycles. The van der Waals surface area contributed by atoms with E-state index in [9.17, 15) is 61.0 Å². The highest BCUT2D eigenvalue weighted by atomic mass is 16.8. The second-order valence-corrected chi connectivity index (χ2v) is 24.6. The maximum absolute atomic E-state index is 13.3. The van der Waals surface area contributed by atoms with Crippen LogP contribution in [-0.4, -0.2) is 193 Å². The molecule has 3 aliphatic heterocycles. The molecular formula is C66H123NO18. The van der Waals surface area contributed by atoms with Crippen LogP contribution >= 0.6 is 0 Å². The predicted octanol–water partition coefficient (Wildman–Crippen LogP) is 8.27. The van der Waals surface area contributed by atoms with Crippen molar-refractivity contribution in [3.63, 3.8) is 0 Å². The van der Waals surface area contributed by atoms with Gasteiger partial charge >= 0.3 is 0 Å². The summed E-state index contributed by atoms with van der Waals surface area (Å²) in [7, 11) is 0. The van der Waals surface area contributed by atoms with E-state index in [4.69, 9.17) is 28.4 Å². The molecule has 0 aromatic rings. The lowest BCUT2D eigenvalue weighted by molar-refractivity contribution is -0.379. The van der Waals surface area contributed by atoms with Crippen molar-refractivity contribution in [1.82, 2.24) is 5.32 Å². The molecule has 19 heteroatoms. The first kappa shape index (κ1) is 77.5. The number of aliphatic hydroxyl groups is 11. The van der Waals surface area contributed by atoms with Gasteiger partial charge in [0.1, 0.15) is 73.2 Å². The van der Waals surface area contributed by atoms with Gasteiger partial charge in [-0.3, -0.25) is 4.79 Å². The molecule has 500 valence electrons. The van der Waals surface area contributed by atoms with Crippen LogP contribution in [0.15, 0.2) is 24.3 Å². The Kier molecular flexibility index (Phi) is 44.7. The first-order valence-electron chi connectivity index (χ1n) is 34.1. The van der Waals surface area contributed by atoms with Gasteiger partial charge in [0.25, 0.3) is 0 Å². The zero-order valence-electron chi connectivity index (χ0n) is 52.6. The Balaban J connectivity index is 1.43. The molecule has 3 saturated heterocycles. The number of nitrogens with one attached hydrogen (secondary N) is 1. The summed E-state index contributed by atoms with van der Waals surface area (Å²) in [5.41, 5.74) is 0. The quantitative estimate of drug-likeness (QED) is 0.0201. The van der Waals surface area contributed by atoms with Crippen LogP contribution in [0, 0.1) is 0 Å². The number of unbranched alkanes of at least 4 members (excludes halogenated alkanes) is 34. The molecule has 3 fully saturated rings. The van der Waals surface area contributed by atoms with Crippen molar-refractivity contribution >= 4 is 5.91 Å². The van der Waals surface area contributed by atoms with Crippen molar-refractivity contribution in [3.8, 4) is 0 Å². The molecule has 17 unspecified atom stereocenters. The number of rotatable bonds is 52. The van der Waals surface area contributed by atoms with Crippen LogP contribution in [0.4, 0.5) is 0 Å². The molecule has 3 aliphatic rings. The second-order valence-electron chi connectivity index (χ2n) is 24.6. The molecule has 0 aromatic heterocycles. The average molecular weight is 1220 g/mol. The minimum absolute atomic E-state index is 0.240. The lowest BCUT2D eigenvalue weighted by atomic mass is 9.96. The molecule has 0 spiro atoms. The van der Waals surface area contributed by atoms with Gasteiger partial charge in [0.15, 0.2) is 18.9 Å². The number of carbonyl (C=O) groups is 1. The van der Waals surface area contributed by atoms with E-state index in [2.05, 4.69) is 31.3 Å². The standard InChI is InChI=1S/C66H123NO18/c1-3-5-7-9-11-13-15-17-18-19-20-21-22-23-24-25-26-27-28-29-30-32-33-35-37-39-41-43-50(71)49(67-54(72)44-42-40-38-36-34-31-16-14-12-10-8-6-4-2)48-80-64-60(78)57(75)62(52(46-69)82-64)85-66-61(79)58(76)63(53(47-70)83-66)84-65-59(77)56(74)55(73)51(45-68)81-65/h33,35,41,43,49-53,55-66,68-71,73-79H,3-32,34,36-40,42,44-48H2,1-2H3,(H,67,72)/b35-33+,43-41+. The van der Waals surface area contributed by atoms with Crippen LogP contribution in [0.3, 0.4) is 0 Å². The third-order valence-electron chi connectivity index (χ3n) is 17.3. The van der Waals surface area contributed by atoms with Crippen LogP contribution in [0.25, 0.3) is 0 Å². The molecule has 3 heterocycles. The summed E-state index contributed by atoms with van der Waals surface area (Å²) in [6.45, 7) is 1.73. The maximum atomic E-state index is 13.3. The largest absolute Gasteiger partial charge is 0.394 e. The van der Waals surface area contributed by atoms with E-state index in [0.29, 0.717) is 12.8 Å². The van der Waals surface area contributed by atoms with Crippen LogP contribution < -0.4 is 5.32 Å². The maximum Gasteiger partial charge on any atom is 0.220 e. The van der Waals surface area contributed by atoms with Gasteiger partial charge in [0.05, 0.1) is 38.6 Å². The Morgan fingerprint density at radius 2 is 0.753 bits per heavy atom. The third kappa shape index (κ3) is 31.7. The van der Waals surface area contributed by atoms with Crippen LogP contribution in [-0.2, 0) is 33.2 Å². The molecule has 3 rings (SSSR count). The van der Waals surface area contributed by atoms with Crippen LogP contribution in [0.1, 0.15) is 258 Å². The van der Waals surface area contributed by atoms with Crippen molar-refractivity contribution in [1.29, 1.82) is 0 Å². The molecule has 85 heavy (non-hydrogen) atoms. The highest BCUT2D eigenvalue weighted by molar-refractivity contribution is 5.76. The first-order chi connectivity index (χ1) is 41.3. The number of amides is 1. The molecule has 0 saturated carbocycles. The molecule has 0 bridgehead atoms. The van der Waals surface area contributed by atoms with E-state index in [-0.39, 0.29) is 18.9 Å². The van der Waals surface area contributed by atoms with Gasteiger partial charge in [-0.05, 0) is 32.1 Å². The van der Waals surface area contributed by atoms with Gasteiger partial charge in [0, 0.05) is 6.42 Å². The summed E-state index contributed by atoms with van der Waals surface area (Å²) in [6, 6.07) is -0.986. The Morgan fingerprint density at radius 3 is 1.18 bits per heavy atom. The van der Waals surface area contributed by atoms with Crippen LogP contribution in [0.2, 0.25) is 0 Å². The van der Waals surface area contributed by atoms with Crippen molar-refractivity contribution in [2.24, 2.45) is 0 Å². The van der Waals surface area contributed by atoms with E-state index >= 15 is 0 Å². The number of ether oxygens (including phenoxy) is 6. The molecular weight excluding hydrogens is 1090 g/mol. The molecule has 19 nitrogen and oxygen atoms in total. The second kappa shape index (κ2) is 49.0. The minimum Gasteiger partial charge on any atom is -0.394 e. The number of carbonyl (C=O) groups excluding carboxylic acids is 1. The van der Waals surface area contributed by atoms with E-state index in [1.807, 2.05) is 6.08 Å². The highest BCUT2D eigenvalue weighted by Crippen LogP contribution is 2.33. The summed E-state index contributed by atoms with van der Waals surface area (Å²) in [5, 5.41) is 120. The lowest BCUT2D eigenvalue weighted by Crippen LogP contribution is -2.66. The summed E-state index contributed by atoms with van der Waals surface area (Å²) < 4.78 is 34.3. The van der Waals surface area contributed by atoms with Crippen molar-refractivity contribution in [2.75, 3.05) is 26.4 Å². The summed E-state index contributed by atoms with van der Waals surface area (Å²) in [6.07, 6.45) is 27.5. The monoisotopic (exact) mass is 1220 g/mol. The van der Waals surface area contributed by atoms with E-state index in [0.717, 1.165) is 38.5 Å². The topological polar surface area (TPSA) is 307 Å². The third-order valence-corrected chi connectivity index (χ3v) is 17.3. The Labute approximate surface area is 511 Å². The van der Waals surface area contributed by atoms with Gasteiger partial charge in [-0.2, -0.15) is 0 Å². The SMILES string of the molecule is CCCCCCCCCCCCCCCCCCCCCCC/C=C/CC/C=C/C(O)C(COC1OC(CO)C(OC2OC(CO)C(OC3OC(CO)C(O)C(O)C3O)C(O)C2O)C(O)C1O)NC(=O)CCCCCCCCCCCCCCC. The summed E-state index contributed by atoms with van der Waals surface area (Å²) in [4.78, 5) is 13.3. The average Bonchev–Trinajstić information content (AvgIpc) is 3.69. The summed E-state index contributed by atoms with van der Waals surface area (Å²) in [5.74, 6) is -0.283. The fourth-order valence-electron chi connectivity index (χ4n) is 11.7. The number of hydrogen-bond acceptors (Lipinski definition) is 18. The Morgan fingerprint density at radius 1 is 0.412 bits per heavy atom. The minimum atomic E-state index is -1.98. The van der Waals surface area contributed by atoms with Gasteiger partial charge in [0.2, 0.25) is 5.91 Å². The molecule has 0 radical (unpaired) electrons. The number of aliphatic hydroxyl groups excluding tert-OH is 11. The smallest absolute Gasteiger partial charge is 0.220 e. The molecule has 0 aliphatic carbocycles. The normalized spacial score (nSPS) is 29.1. The van der Waals surface area contributed by atoms with E-state index in [1.165, 1.54) is 186 Å². The number of allylic oxidation sites excluding steroid dienone is 3.